The highest BCUT2D eigenvalue weighted by Crippen LogP contribution is 2.36. The predicted molar refractivity (Wildman–Crippen MR) is 207 cm³/mol. The summed E-state index contributed by atoms with van der Waals surface area (Å²) in [4.78, 5) is 72.5. The fourth-order valence-corrected chi connectivity index (χ4v) is 8.95. The molecule has 2 saturated heterocycles. The number of benzene rings is 1. The van der Waals surface area contributed by atoms with E-state index in [0.717, 1.165) is 90.5 Å². The molecule has 15 heteroatoms. The number of hydrogen-bond donors (Lipinski definition) is 2. The minimum absolute atomic E-state index is 0.0326. The van der Waals surface area contributed by atoms with E-state index in [2.05, 4.69) is 65.1 Å². The molecule has 1 unspecified atom stereocenters. The van der Waals surface area contributed by atoms with Crippen LogP contribution in [0.25, 0.3) is 11.0 Å². The first-order chi connectivity index (χ1) is 26.0. The Hall–Kier alpha value is -4.89. The van der Waals surface area contributed by atoms with Gasteiger partial charge in [0.1, 0.15) is 23.2 Å². The SMILES string of the molecule is CN(C)C(=O)c1cc2cnc(Nc3ccc(N4CCC(N(C)Cc5cc6c(cc5Br)C(=O)N(C5CCC(=O)NC5=O)C6)CC4)cn3)nc2n1C1CCCC1. The smallest absolute Gasteiger partial charge is 0.270 e. The Balaban J connectivity index is 0.879. The van der Waals surface area contributed by atoms with Crippen LogP contribution in [-0.2, 0) is 22.7 Å². The van der Waals surface area contributed by atoms with Crippen LogP contribution in [-0.4, -0.2) is 104 Å². The van der Waals surface area contributed by atoms with Gasteiger partial charge in [0, 0.05) is 80.4 Å². The van der Waals surface area contributed by atoms with Crippen molar-refractivity contribution in [3.05, 3.63) is 69.6 Å². The van der Waals surface area contributed by atoms with Crippen LogP contribution in [0.4, 0.5) is 17.5 Å². The Bertz CT molecular complexity index is 2120. The molecule has 282 valence electrons. The van der Waals surface area contributed by atoms with Crippen LogP contribution in [0.5, 0.6) is 0 Å². The van der Waals surface area contributed by atoms with Gasteiger partial charge in [-0.25, -0.2) is 9.97 Å². The summed E-state index contributed by atoms with van der Waals surface area (Å²) in [5.74, 6) is 0.208. The van der Waals surface area contributed by atoms with Gasteiger partial charge in [0.05, 0.1) is 11.9 Å². The molecule has 3 aliphatic heterocycles. The van der Waals surface area contributed by atoms with Crippen molar-refractivity contribution in [2.24, 2.45) is 0 Å². The second-order valence-corrected chi connectivity index (χ2v) is 16.0. The highest BCUT2D eigenvalue weighted by Gasteiger charge is 2.39. The van der Waals surface area contributed by atoms with Crippen LogP contribution in [0.15, 0.2) is 47.2 Å². The zero-order chi connectivity index (χ0) is 37.7. The van der Waals surface area contributed by atoms with E-state index in [-0.39, 0.29) is 30.2 Å². The van der Waals surface area contributed by atoms with Gasteiger partial charge in [-0.2, -0.15) is 4.98 Å². The first-order valence-corrected chi connectivity index (χ1v) is 19.6. The molecule has 1 atom stereocenters. The predicted octanol–water partition coefficient (Wildman–Crippen LogP) is 5.01. The average molecular weight is 798 g/mol. The third-order valence-corrected chi connectivity index (χ3v) is 12.2. The van der Waals surface area contributed by atoms with E-state index in [0.29, 0.717) is 42.0 Å². The minimum Gasteiger partial charge on any atom is -0.370 e. The van der Waals surface area contributed by atoms with Crippen LogP contribution in [0.3, 0.4) is 0 Å². The number of imide groups is 1. The van der Waals surface area contributed by atoms with Crippen molar-refractivity contribution < 1.29 is 19.2 Å². The zero-order valence-corrected chi connectivity index (χ0v) is 32.4. The maximum atomic E-state index is 13.2. The Morgan fingerprint density at radius 3 is 2.46 bits per heavy atom. The quantitative estimate of drug-likeness (QED) is 0.222. The fourth-order valence-electron chi connectivity index (χ4n) is 8.48. The van der Waals surface area contributed by atoms with E-state index in [1.807, 2.05) is 24.4 Å². The van der Waals surface area contributed by atoms with Gasteiger partial charge in [-0.05, 0) is 74.5 Å². The number of fused-ring (bicyclic) bond motifs is 2. The largest absolute Gasteiger partial charge is 0.370 e. The number of halogens is 1. The number of nitrogens with one attached hydrogen (secondary N) is 2. The number of hydrogen-bond acceptors (Lipinski definition) is 10. The number of carbonyl (C=O) groups is 4. The van der Waals surface area contributed by atoms with Crippen LogP contribution in [0.1, 0.15) is 89.4 Å². The molecule has 0 bridgehead atoms. The van der Waals surface area contributed by atoms with Gasteiger partial charge in [0.2, 0.25) is 17.8 Å². The normalized spacial score (nSPS) is 19.6. The molecule has 4 amide bonds. The number of piperidine rings is 2. The third kappa shape index (κ3) is 6.94. The van der Waals surface area contributed by atoms with E-state index in [4.69, 9.17) is 9.97 Å². The molecule has 3 aromatic heterocycles. The van der Waals surface area contributed by atoms with Gasteiger partial charge < -0.3 is 24.6 Å². The molecule has 1 saturated carbocycles. The van der Waals surface area contributed by atoms with Crippen molar-refractivity contribution in [1.82, 2.24) is 39.5 Å². The lowest BCUT2D eigenvalue weighted by Gasteiger charge is -2.38. The van der Waals surface area contributed by atoms with E-state index in [1.54, 1.807) is 30.1 Å². The molecular weight excluding hydrogens is 752 g/mol. The molecule has 54 heavy (non-hydrogen) atoms. The molecule has 4 aromatic rings. The maximum absolute atomic E-state index is 13.2. The first-order valence-electron chi connectivity index (χ1n) is 18.8. The van der Waals surface area contributed by atoms with Gasteiger partial charge in [0.25, 0.3) is 11.8 Å². The van der Waals surface area contributed by atoms with Crippen LogP contribution in [0.2, 0.25) is 0 Å². The minimum atomic E-state index is -0.625. The summed E-state index contributed by atoms with van der Waals surface area (Å²) < 4.78 is 2.99. The Labute approximate surface area is 322 Å². The van der Waals surface area contributed by atoms with Crippen molar-refractivity contribution in [3.63, 3.8) is 0 Å². The maximum Gasteiger partial charge on any atom is 0.270 e. The summed E-state index contributed by atoms with van der Waals surface area (Å²) in [5.41, 5.74) is 5.10. The van der Waals surface area contributed by atoms with Gasteiger partial charge in [-0.3, -0.25) is 29.4 Å². The summed E-state index contributed by atoms with van der Waals surface area (Å²) >= 11 is 3.71. The molecule has 4 aliphatic rings. The third-order valence-electron chi connectivity index (χ3n) is 11.4. The second kappa shape index (κ2) is 14.7. The number of amides is 4. The van der Waals surface area contributed by atoms with Crippen LogP contribution >= 0.6 is 15.9 Å². The van der Waals surface area contributed by atoms with Crippen LogP contribution in [0, 0.1) is 0 Å². The summed E-state index contributed by atoms with van der Waals surface area (Å²) in [6.45, 7) is 2.88. The summed E-state index contributed by atoms with van der Waals surface area (Å²) in [6, 6.07) is 9.91. The van der Waals surface area contributed by atoms with Crippen molar-refractivity contribution in [2.75, 3.05) is 44.4 Å². The zero-order valence-electron chi connectivity index (χ0n) is 30.8. The van der Waals surface area contributed by atoms with Crippen LogP contribution < -0.4 is 15.5 Å². The standard InChI is InChI=1S/C39H45BrN10O4/c1-46(2)38(54)32-17-23-19-42-39(45-35(23)50(32)27-6-4-5-7-27)43-33-10-8-28(20-41-33)48-14-12-26(13-15-48)47(3)21-25-16-24-22-49(37(53)29(24)18-30(25)40)31-9-11-34(51)44-36(31)52/h8,10,16-20,26-27,31H,4-7,9,11-15,21-22H2,1-3H3,(H,44,51,52)(H,41,42,43,45). The topological polar surface area (TPSA) is 149 Å². The molecule has 0 radical (unpaired) electrons. The molecular formula is C39H45BrN10O4. The molecule has 14 nitrogen and oxygen atoms in total. The van der Waals surface area contributed by atoms with Gasteiger partial charge in [-0.1, -0.05) is 34.8 Å². The van der Waals surface area contributed by atoms with E-state index < -0.39 is 11.9 Å². The molecule has 3 fully saturated rings. The van der Waals surface area contributed by atoms with Crippen molar-refractivity contribution >= 4 is 68.0 Å². The van der Waals surface area contributed by atoms with E-state index in [1.165, 1.54) is 0 Å². The monoisotopic (exact) mass is 796 g/mol. The summed E-state index contributed by atoms with van der Waals surface area (Å²) in [6.07, 6.45) is 10.6. The average Bonchev–Trinajstić information content (AvgIpc) is 3.90. The van der Waals surface area contributed by atoms with Gasteiger partial charge in [0.15, 0.2) is 0 Å². The number of anilines is 3. The second-order valence-electron chi connectivity index (χ2n) is 15.2. The van der Waals surface area contributed by atoms with E-state index in [9.17, 15) is 19.2 Å². The number of carbonyl (C=O) groups excluding carboxylic acids is 4. The number of nitrogens with zero attached hydrogens (tertiary/aromatic N) is 8. The molecule has 8 rings (SSSR count). The molecule has 1 aromatic carbocycles. The summed E-state index contributed by atoms with van der Waals surface area (Å²) in [7, 11) is 5.70. The molecule has 1 aliphatic carbocycles. The highest BCUT2D eigenvalue weighted by molar-refractivity contribution is 9.10. The molecule has 2 N–H and O–H groups in total. The molecule has 0 spiro atoms. The van der Waals surface area contributed by atoms with Crippen molar-refractivity contribution in [1.29, 1.82) is 0 Å². The Morgan fingerprint density at radius 1 is 0.981 bits per heavy atom. The highest BCUT2D eigenvalue weighted by atomic mass is 79.9. The Kier molecular flexibility index (Phi) is 9.86. The van der Waals surface area contributed by atoms with E-state index >= 15 is 0 Å². The number of pyridine rings is 1. The molecule has 6 heterocycles. The number of aromatic nitrogens is 4. The van der Waals surface area contributed by atoms with Gasteiger partial charge >= 0.3 is 0 Å². The lowest BCUT2D eigenvalue weighted by atomic mass is 10.0. The van der Waals surface area contributed by atoms with Gasteiger partial charge in [-0.15, -0.1) is 0 Å². The number of rotatable bonds is 9. The summed E-state index contributed by atoms with van der Waals surface area (Å²) in [5, 5.41) is 6.50. The lowest BCUT2D eigenvalue weighted by Crippen LogP contribution is -2.52. The van der Waals surface area contributed by atoms with Crippen molar-refractivity contribution in [3.8, 4) is 0 Å². The van der Waals surface area contributed by atoms with Crippen molar-refractivity contribution in [2.45, 2.75) is 82.6 Å². The lowest BCUT2D eigenvalue weighted by molar-refractivity contribution is -0.136. The fraction of sp³-hybridized carbons (Fsp3) is 0.462. The Morgan fingerprint density at radius 2 is 1.76 bits per heavy atom. The first kappa shape index (κ1) is 36.1.